The zero-order valence-electron chi connectivity index (χ0n) is 30.8. The van der Waals surface area contributed by atoms with E-state index in [1.54, 1.807) is 36.4 Å². The topological polar surface area (TPSA) is 241 Å². The first kappa shape index (κ1) is 41.5. The van der Waals surface area contributed by atoms with Crippen molar-refractivity contribution in [2.24, 2.45) is 10.7 Å². The third kappa shape index (κ3) is 9.60. The Morgan fingerprint density at radius 2 is 1.89 bits per heavy atom. The number of ether oxygens (including phenoxy) is 3. The van der Waals surface area contributed by atoms with Gasteiger partial charge in [-0.15, -0.1) is 4.83 Å². The van der Waals surface area contributed by atoms with Gasteiger partial charge < -0.3 is 34.3 Å². The molecular formula is C33H46ClN8O10PS. The molecule has 2 aliphatic heterocycles. The Bertz CT molecular complexity index is 2040. The number of aliphatic hydroxyl groups excluding tert-OH is 1. The van der Waals surface area contributed by atoms with Crippen molar-refractivity contribution in [1.82, 2.24) is 24.5 Å². The standard InChI is InChI=1S/C33H46ClN8O10PS/c1-20-12-14-22(15-13-20)50-19-53(46,39-31(2,3)30(44)49-16-21-10-8-9-11-23(21)34)51-17-24-26(43)32(4,45)29(52-24)42-18-36-25-27(41(6)40-54(7,47)48)37-33(5,35)38-28(25)42/h8-15,18,24,26,29,38,40,43,45H,16-17,19,35H2,1-7H3,(H,39,46)/t24?,26-,29?,32-,33?,53?/m1/s1. The number of halogens is 1. The number of esters is 1. The van der Waals surface area contributed by atoms with E-state index in [-0.39, 0.29) is 24.0 Å². The highest BCUT2D eigenvalue weighted by Gasteiger charge is 2.55. The van der Waals surface area contributed by atoms with E-state index in [2.05, 4.69) is 25.2 Å². The van der Waals surface area contributed by atoms with Crippen LogP contribution in [0.15, 0.2) is 59.9 Å². The fraction of sp³-hybridized carbons (Fsp3) is 0.485. The highest BCUT2D eigenvalue weighted by atomic mass is 35.5. The lowest BCUT2D eigenvalue weighted by Crippen LogP contribution is -2.52. The molecule has 1 fully saturated rings. The van der Waals surface area contributed by atoms with E-state index >= 15 is 0 Å². The summed E-state index contributed by atoms with van der Waals surface area (Å²) in [7, 11) is -6.44. The first-order chi connectivity index (χ1) is 25.0. The van der Waals surface area contributed by atoms with Gasteiger partial charge in [0.1, 0.15) is 47.2 Å². The average Bonchev–Trinajstić information content (AvgIpc) is 3.57. The number of rotatable bonds is 14. The molecule has 0 aliphatic carbocycles. The number of nitrogens with two attached hydrogens (primary N) is 1. The van der Waals surface area contributed by atoms with Gasteiger partial charge in [-0.2, -0.15) is 0 Å². The lowest BCUT2D eigenvalue weighted by molar-refractivity contribution is -0.151. The van der Waals surface area contributed by atoms with Gasteiger partial charge in [0.2, 0.25) is 10.0 Å². The molecule has 0 spiro atoms. The number of fused-ring (bicyclic) bond motifs is 1. The number of aromatic nitrogens is 2. The molecule has 0 amide bonds. The summed E-state index contributed by atoms with van der Waals surface area (Å²) in [5.41, 5.74) is 4.48. The molecule has 1 aromatic heterocycles. The van der Waals surface area contributed by atoms with Gasteiger partial charge in [-0.1, -0.05) is 47.5 Å². The fourth-order valence-electron chi connectivity index (χ4n) is 5.77. The number of amidine groups is 1. The number of nitrogens with zero attached hydrogens (tertiary/aromatic N) is 4. The van der Waals surface area contributed by atoms with E-state index < -0.39 is 71.8 Å². The maximum Gasteiger partial charge on any atom is 0.326 e. The maximum absolute atomic E-state index is 14.5. The summed E-state index contributed by atoms with van der Waals surface area (Å²) in [5, 5.41) is 30.3. The predicted molar refractivity (Wildman–Crippen MR) is 200 cm³/mol. The molecule has 7 N–H and O–H groups in total. The van der Waals surface area contributed by atoms with E-state index in [0.29, 0.717) is 16.3 Å². The summed E-state index contributed by atoms with van der Waals surface area (Å²) in [4.78, 5) is 24.3. The average molecular weight is 813 g/mol. The zero-order chi connectivity index (χ0) is 39.9. The van der Waals surface area contributed by atoms with Crippen molar-refractivity contribution in [2.45, 2.75) is 76.6 Å². The Hall–Kier alpha value is -3.62. The Kier molecular flexibility index (Phi) is 11.9. The summed E-state index contributed by atoms with van der Waals surface area (Å²) in [6.45, 7) is 7.02. The Balaban J connectivity index is 1.36. The van der Waals surface area contributed by atoms with Crippen LogP contribution in [0.2, 0.25) is 5.02 Å². The minimum Gasteiger partial charge on any atom is -0.482 e. The van der Waals surface area contributed by atoms with Gasteiger partial charge >= 0.3 is 13.5 Å². The van der Waals surface area contributed by atoms with E-state index in [4.69, 9.17) is 36.1 Å². The van der Waals surface area contributed by atoms with Crippen LogP contribution in [0.4, 0.5) is 5.82 Å². The molecule has 6 atom stereocenters. The molecule has 2 aliphatic rings. The predicted octanol–water partition coefficient (Wildman–Crippen LogP) is 2.41. The van der Waals surface area contributed by atoms with Crippen LogP contribution >= 0.6 is 19.1 Å². The Morgan fingerprint density at radius 1 is 1.22 bits per heavy atom. The van der Waals surface area contributed by atoms with Crippen LogP contribution in [-0.2, 0) is 40.0 Å². The molecule has 0 bridgehead atoms. The van der Waals surface area contributed by atoms with Crippen molar-refractivity contribution in [1.29, 1.82) is 0 Å². The zero-order valence-corrected chi connectivity index (χ0v) is 33.3. The summed E-state index contributed by atoms with van der Waals surface area (Å²) in [5.74, 6) is -1.58. The third-order valence-corrected chi connectivity index (χ3v) is 11.4. The van der Waals surface area contributed by atoms with Gasteiger partial charge in [0.15, 0.2) is 24.2 Å². The van der Waals surface area contributed by atoms with Crippen LogP contribution in [0, 0.1) is 6.92 Å². The normalized spacial score (nSPS) is 25.2. The number of carbonyl (C=O) groups excluding carboxylic acids is 1. The SMILES string of the molecule is Cc1ccc(OCP(=O)(NC(C)(C)C(=O)OCc2ccccc2Cl)OCC2OC(n3cnc4c3NC(C)(N)N=C4N(C)NS(C)(=O)=O)[C@](C)(O)[C@@H]2O)cc1. The van der Waals surface area contributed by atoms with Crippen LogP contribution in [0.3, 0.4) is 0 Å². The van der Waals surface area contributed by atoms with Gasteiger partial charge in [-0.25, -0.2) is 23.5 Å². The molecule has 4 unspecified atom stereocenters. The minimum absolute atomic E-state index is 0.0598. The molecule has 1 saturated heterocycles. The largest absolute Gasteiger partial charge is 0.482 e. The molecule has 54 heavy (non-hydrogen) atoms. The molecule has 0 radical (unpaired) electrons. The second kappa shape index (κ2) is 15.5. The minimum atomic E-state index is -4.15. The first-order valence-corrected chi connectivity index (χ1v) is 20.7. The quantitative estimate of drug-likeness (QED) is 0.0778. The van der Waals surface area contributed by atoms with Crippen molar-refractivity contribution in [3.63, 3.8) is 0 Å². The van der Waals surface area contributed by atoms with E-state index in [0.717, 1.165) is 16.8 Å². The van der Waals surface area contributed by atoms with Crippen LogP contribution in [-0.4, -0.2) is 100 Å². The number of sulfonamides is 1. The maximum atomic E-state index is 14.5. The van der Waals surface area contributed by atoms with Crippen LogP contribution in [0.25, 0.3) is 0 Å². The number of aliphatic hydroxyl groups is 2. The molecule has 3 aromatic rings. The van der Waals surface area contributed by atoms with E-state index in [9.17, 15) is 28.0 Å². The number of anilines is 1. The summed E-state index contributed by atoms with van der Waals surface area (Å²) in [6.07, 6.45) is -2.46. The number of aryl methyl sites for hydroxylation is 1. The smallest absolute Gasteiger partial charge is 0.326 e. The van der Waals surface area contributed by atoms with Crippen LogP contribution in [0.5, 0.6) is 5.75 Å². The fourth-order valence-corrected chi connectivity index (χ4v) is 8.40. The number of imidazole rings is 1. The Morgan fingerprint density at radius 3 is 2.54 bits per heavy atom. The van der Waals surface area contributed by atoms with Gasteiger partial charge in [0, 0.05) is 17.6 Å². The first-order valence-electron chi connectivity index (χ1n) is 16.6. The van der Waals surface area contributed by atoms with E-state index in [1.807, 2.05) is 19.1 Å². The van der Waals surface area contributed by atoms with Gasteiger partial charge in [-0.3, -0.25) is 24.7 Å². The second-order valence-electron chi connectivity index (χ2n) is 14.1. The summed E-state index contributed by atoms with van der Waals surface area (Å²) in [6, 6.07) is 13.9. The highest BCUT2D eigenvalue weighted by Crippen LogP contribution is 2.48. The highest BCUT2D eigenvalue weighted by molar-refractivity contribution is 7.88. The number of hydrogen-bond donors (Lipinski definition) is 6. The second-order valence-corrected chi connectivity index (χ2v) is 18.4. The van der Waals surface area contributed by atoms with Crippen molar-refractivity contribution < 1.29 is 46.7 Å². The monoisotopic (exact) mass is 812 g/mol. The van der Waals surface area contributed by atoms with Gasteiger partial charge in [-0.05, 0) is 52.8 Å². The van der Waals surface area contributed by atoms with Crippen molar-refractivity contribution >= 4 is 46.8 Å². The number of benzene rings is 2. The molecule has 18 nitrogen and oxygen atoms in total. The molecule has 296 valence electrons. The molecular weight excluding hydrogens is 767 g/mol. The number of aliphatic imine (C=N–C) groups is 1. The number of hydrogen-bond acceptors (Lipinski definition) is 15. The van der Waals surface area contributed by atoms with Gasteiger partial charge in [0.25, 0.3) is 0 Å². The van der Waals surface area contributed by atoms with Gasteiger partial charge in [0.05, 0.1) is 19.2 Å². The Labute approximate surface area is 318 Å². The van der Waals surface area contributed by atoms with E-state index in [1.165, 1.54) is 45.6 Å². The van der Waals surface area contributed by atoms with Crippen molar-refractivity contribution in [2.75, 3.05) is 31.6 Å². The van der Waals surface area contributed by atoms with Crippen LogP contribution < -0.4 is 25.7 Å². The lowest BCUT2D eigenvalue weighted by Gasteiger charge is -2.34. The summed E-state index contributed by atoms with van der Waals surface area (Å²) >= 11 is 6.22. The number of carbonyl (C=O) groups is 1. The molecule has 0 saturated carbocycles. The number of hydrazine groups is 1. The third-order valence-electron chi connectivity index (χ3n) is 8.49. The number of nitrogens with one attached hydrogen (secondary N) is 3. The molecule has 21 heteroatoms. The lowest BCUT2D eigenvalue weighted by atomic mass is 9.96. The molecule has 3 heterocycles. The molecule has 5 rings (SSSR count). The van der Waals surface area contributed by atoms with Crippen molar-refractivity contribution in [3.05, 3.63) is 76.7 Å². The van der Waals surface area contributed by atoms with Crippen molar-refractivity contribution in [3.8, 4) is 5.75 Å². The molecule has 2 aromatic carbocycles. The van der Waals surface area contributed by atoms with Crippen LogP contribution in [0.1, 0.15) is 50.7 Å². The summed E-state index contributed by atoms with van der Waals surface area (Å²) < 4.78 is 63.2.